The minimum Gasteiger partial charge on any atom is -0.462 e. The molecule has 0 rings (SSSR count). The monoisotopic (exact) mass is 946 g/mol. The van der Waals surface area contributed by atoms with Gasteiger partial charge in [-0.05, 0) is 89.9 Å². The molecule has 0 fully saturated rings. The standard InChI is InChI=1S/C62H107NO5/c1-4-7-10-13-16-19-22-25-28-30-32-34-37-40-43-46-49-52-55-62(67)68-58(53-50-47-44-41-38-35-33-31-29-26-23-20-17-14-11-8-5-2)56-61(66)63-59(57-64)60(65)54-51-48-45-42-39-36-27-24-21-18-15-12-9-6-3/h8,11,17,20,22,25-26,28-30,32-35,41,44,58-60,64-65H,4-7,9-10,12-16,18-19,21,23-24,27,31,36-40,42-43,45-57H2,1-3H3,(H,63,66)/b11-8-,20-17-,25-22+,29-26-,30-28+,34-32+,35-33-,44-41-. The van der Waals surface area contributed by atoms with Crippen molar-refractivity contribution in [3.8, 4) is 0 Å². The van der Waals surface area contributed by atoms with Gasteiger partial charge in [-0.3, -0.25) is 9.59 Å². The Morgan fingerprint density at radius 3 is 1.34 bits per heavy atom. The first kappa shape index (κ1) is 64.8. The Morgan fingerprint density at radius 1 is 0.456 bits per heavy atom. The predicted molar refractivity (Wildman–Crippen MR) is 296 cm³/mol. The molecule has 3 atom stereocenters. The maximum atomic E-state index is 13.3. The highest BCUT2D eigenvalue weighted by Crippen LogP contribution is 2.17. The molecule has 0 aromatic rings. The molecule has 3 unspecified atom stereocenters. The smallest absolute Gasteiger partial charge is 0.306 e. The van der Waals surface area contributed by atoms with Crippen LogP contribution >= 0.6 is 0 Å². The molecule has 0 aromatic carbocycles. The number of aliphatic hydroxyl groups excluding tert-OH is 2. The molecule has 3 N–H and O–H groups in total. The SMILES string of the molecule is CC/C=C\C/C=C\C/C=C\C/C=C\C/C=C\CCCC(CC(=O)NC(CO)C(O)CCCCCCCCCCCCCCCC)OC(=O)CCCCCCC/C=C/C=C/C=C/CCCCCCC. The fourth-order valence-corrected chi connectivity index (χ4v) is 8.17. The van der Waals surface area contributed by atoms with Crippen LogP contribution in [0.2, 0.25) is 0 Å². The average molecular weight is 947 g/mol. The Hall–Kier alpha value is -3.22. The molecular formula is C62H107NO5. The lowest BCUT2D eigenvalue weighted by Crippen LogP contribution is -2.46. The van der Waals surface area contributed by atoms with Gasteiger partial charge < -0.3 is 20.3 Å². The Bertz CT molecular complexity index is 1340. The van der Waals surface area contributed by atoms with E-state index in [1.165, 1.54) is 103 Å². The van der Waals surface area contributed by atoms with Gasteiger partial charge in [0, 0.05) is 6.42 Å². The van der Waals surface area contributed by atoms with Crippen molar-refractivity contribution in [3.63, 3.8) is 0 Å². The Kier molecular flexibility index (Phi) is 52.1. The molecule has 6 heteroatoms. The van der Waals surface area contributed by atoms with Crippen molar-refractivity contribution in [1.29, 1.82) is 0 Å². The van der Waals surface area contributed by atoms with Gasteiger partial charge in [0.1, 0.15) is 6.10 Å². The molecule has 390 valence electrons. The van der Waals surface area contributed by atoms with Gasteiger partial charge in [-0.25, -0.2) is 0 Å². The number of aliphatic hydroxyl groups is 2. The highest BCUT2D eigenvalue weighted by atomic mass is 16.5. The molecule has 0 aromatic heterocycles. The number of carbonyl (C=O) groups is 2. The number of rotatable bonds is 50. The normalized spacial score (nSPS) is 13.9. The third-order valence-electron chi connectivity index (χ3n) is 12.5. The van der Waals surface area contributed by atoms with Gasteiger partial charge in [0.25, 0.3) is 0 Å². The van der Waals surface area contributed by atoms with E-state index in [2.05, 4.69) is 123 Å². The second-order valence-corrected chi connectivity index (χ2v) is 19.0. The van der Waals surface area contributed by atoms with E-state index in [0.29, 0.717) is 19.3 Å². The molecule has 0 bridgehead atoms. The first-order chi connectivity index (χ1) is 33.5. The van der Waals surface area contributed by atoms with Crippen molar-refractivity contribution in [2.24, 2.45) is 0 Å². The van der Waals surface area contributed by atoms with E-state index in [4.69, 9.17) is 4.74 Å². The van der Waals surface area contributed by atoms with Crippen LogP contribution in [0.5, 0.6) is 0 Å². The fraction of sp³-hybridized carbons (Fsp3) is 0.710. The van der Waals surface area contributed by atoms with E-state index in [1.54, 1.807) is 0 Å². The van der Waals surface area contributed by atoms with E-state index in [1.807, 2.05) is 0 Å². The number of hydrogen-bond acceptors (Lipinski definition) is 5. The minimum absolute atomic E-state index is 0.0254. The Balaban J connectivity index is 4.73. The molecule has 0 aliphatic heterocycles. The summed E-state index contributed by atoms with van der Waals surface area (Å²) in [5, 5.41) is 23.8. The maximum Gasteiger partial charge on any atom is 0.306 e. The second-order valence-electron chi connectivity index (χ2n) is 19.0. The molecule has 0 spiro atoms. The molecule has 0 radical (unpaired) electrons. The van der Waals surface area contributed by atoms with E-state index in [0.717, 1.165) is 109 Å². The van der Waals surface area contributed by atoms with Crippen LogP contribution < -0.4 is 5.32 Å². The largest absolute Gasteiger partial charge is 0.462 e. The molecule has 6 nitrogen and oxygen atoms in total. The van der Waals surface area contributed by atoms with Crippen LogP contribution in [-0.4, -0.2) is 46.9 Å². The highest BCUT2D eigenvalue weighted by molar-refractivity contribution is 5.77. The second kappa shape index (κ2) is 54.7. The van der Waals surface area contributed by atoms with Crippen LogP contribution in [0.4, 0.5) is 0 Å². The van der Waals surface area contributed by atoms with Gasteiger partial charge in [0.2, 0.25) is 5.91 Å². The quantitative estimate of drug-likeness (QED) is 0.0244. The van der Waals surface area contributed by atoms with Gasteiger partial charge in [-0.15, -0.1) is 0 Å². The molecule has 0 saturated heterocycles. The summed E-state index contributed by atoms with van der Waals surface area (Å²) >= 11 is 0. The van der Waals surface area contributed by atoms with Crippen LogP contribution in [0.25, 0.3) is 0 Å². The molecule has 1 amide bonds. The van der Waals surface area contributed by atoms with E-state index in [-0.39, 0.29) is 24.9 Å². The number of amides is 1. The summed E-state index contributed by atoms with van der Waals surface area (Å²) < 4.78 is 5.92. The molecule has 0 aliphatic carbocycles. The Labute approximate surface area is 420 Å². The number of carbonyl (C=O) groups excluding carboxylic acids is 2. The van der Waals surface area contributed by atoms with Gasteiger partial charge in [0.15, 0.2) is 0 Å². The van der Waals surface area contributed by atoms with Gasteiger partial charge >= 0.3 is 5.97 Å². The van der Waals surface area contributed by atoms with E-state index in [9.17, 15) is 19.8 Å². The van der Waals surface area contributed by atoms with Crippen molar-refractivity contribution in [2.75, 3.05) is 6.61 Å². The first-order valence-corrected chi connectivity index (χ1v) is 28.5. The van der Waals surface area contributed by atoms with Crippen LogP contribution in [0.15, 0.2) is 97.2 Å². The lowest BCUT2D eigenvalue weighted by Gasteiger charge is -2.24. The summed E-state index contributed by atoms with van der Waals surface area (Å²) in [4.78, 5) is 26.3. The lowest BCUT2D eigenvalue weighted by molar-refractivity contribution is -0.151. The molecule has 0 saturated carbocycles. The van der Waals surface area contributed by atoms with Crippen LogP contribution in [-0.2, 0) is 14.3 Å². The zero-order valence-electron chi connectivity index (χ0n) is 44.5. The van der Waals surface area contributed by atoms with Gasteiger partial charge in [-0.2, -0.15) is 0 Å². The van der Waals surface area contributed by atoms with Gasteiger partial charge in [-0.1, -0.05) is 253 Å². The molecular weight excluding hydrogens is 839 g/mol. The van der Waals surface area contributed by atoms with Crippen LogP contribution in [0, 0.1) is 0 Å². The summed E-state index contributed by atoms with van der Waals surface area (Å²) in [6, 6.07) is -0.731. The maximum absolute atomic E-state index is 13.3. The zero-order valence-corrected chi connectivity index (χ0v) is 44.5. The zero-order chi connectivity index (χ0) is 49.5. The van der Waals surface area contributed by atoms with Gasteiger partial charge in [0.05, 0.1) is 25.2 Å². The molecule has 0 heterocycles. The summed E-state index contributed by atoms with van der Waals surface area (Å²) in [5.41, 5.74) is 0. The van der Waals surface area contributed by atoms with Crippen molar-refractivity contribution in [2.45, 2.75) is 277 Å². The summed E-state index contributed by atoms with van der Waals surface area (Å²) in [5.74, 6) is -0.555. The van der Waals surface area contributed by atoms with Crippen LogP contribution in [0.1, 0.15) is 258 Å². The highest BCUT2D eigenvalue weighted by Gasteiger charge is 2.24. The summed E-state index contributed by atoms with van der Waals surface area (Å²) in [7, 11) is 0. The lowest BCUT2D eigenvalue weighted by atomic mass is 10.0. The number of nitrogens with one attached hydrogen (secondary N) is 1. The third kappa shape index (κ3) is 49.2. The van der Waals surface area contributed by atoms with Crippen molar-refractivity contribution >= 4 is 11.9 Å². The number of unbranched alkanes of at least 4 members (excludes halogenated alkanes) is 24. The average Bonchev–Trinajstić information content (AvgIpc) is 3.33. The van der Waals surface area contributed by atoms with E-state index >= 15 is 0 Å². The molecule has 0 aliphatic rings. The first-order valence-electron chi connectivity index (χ1n) is 28.5. The number of allylic oxidation sites excluding steroid dienone is 16. The van der Waals surface area contributed by atoms with Crippen molar-refractivity contribution in [1.82, 2.24) is 5.32 Å². The predicted octanol–water partition coefficient (Wildman–Crippen LogP) is 17.7. The Morgan fingerprint density at radius 2 is 0.868 bits per heavy atom. The number of hydrogen-bond donors (Lipinski definition) is 3. The molecule has 68 heavy (non-hydrogen) atoms. The van der Waals surface area contributed by atoms with E-state index < -0.39 is 18.2 Å². The number of esters is 1. The fourth-order valence-electron chi connectivity index (χ4n) is 8.17. The van der Waals surface area contributed by atoms with Crippen molar-refractivity contribution in [3.05, 3.63) is 97.2 Å². The third-order valence-corrected chi connectivity index (χ3v) is 12.5. The van der Waals surface area contributed by atoms with Crippen LogP contribution in [0.3, 0.4) is 0 Å². The minimum atomic E-state index is -0.813. The number of ether oxygens (including phenoxy) is 1. The van der Waals surface area contributed by atoms with Crippen molar-refractivity contribution < 1.29 is 24.5 Å². The topological polar surface area (TPSA) is 95.9 Å². The summed E-state index contributed by atoms with van der Waals surface area (Å²) in [6.07, 6.45) is 73.3. The summed E-state index contributed by atoms with van der Waals surface area (Å²) in [6.45, 7) is 6.34.